The summed E-state index contributed by atoms with van der Waals surface area (Å²) in [7, 11) is 0. The molecule has 0 amide bonds. The highest BCUT2D eigenvalue weighted by atomic mass is 16.6. The Hall–Kier alpha value is -2.23. The smallest absolute Gasteiger partial charge is 0.331 e. The summed E-state index contributed by atoms with van der Waals surface area (Å²) in [6.45, 7) is -0.421. The second kappa shape index (κ2) is 4.95. The molecular weight excluding hydrogens is 282 g/mol. The molecule has 9 nitrogen and oxygen atoms in total. The Morgan fingerprint density at radius 1 is 1.48 bits per heavy atom. The van der Waals surface area contributed by atoms with Gasteiger partial charge in [0, 0.05) is 24.8 Å². The van der Waals surface area contributed by atoms with E-state index in [1.165, 1.54) is 18.5 Å². The molecule has 0 saturated carbocycles. The molecule has 3 N–H and O–H groups in total. The van der Waals surface area contributed by atoms with Gasteiger partial charge in [0.1, 0.15) is 6.10 Å². The lowest BCUT2D eigenvalue weighted by Crippen LogP contribution is -2.44. The van der Waals surface area contributed by atoms with Crippen molar-refractivity contribution in [1.29, 1.82) is 0 Å². The Labute approximate surface area is 117 Å². The fraction of sp³-hybridized carbons (Fsp3) is 0.417. The highest BCUT2D eigenvalue weighted by Crippen LogP contribution is 2.39. The molecule has 3 heterocycles. The number of aliphatic hydroxyl groups is 2. The van der Waals surface area contributed by atoms with Gasteiger partial charge in [-0.2, -0.15) is 0 Å². The maximum atomic E-state index is 12.1. The number of rotatable bonds is 3. The van der Waals surface area contributed by atoms with Gasteiger partial charge in [-0.15, -0.1) is 0 Å². The highest BCUT2D eigenvalue weighted by molar-refractivity contribution is 5.13. The number of nitrogens with zero attached hydrogens (tertiary/aromatic N) is 2. The zero-order valence-corrected chi connectivity index (χ0v) is 10.8. The highest BCUT2D eigenvalue weighted by Gasteiger charge is 2.51. The summed E-state index contributed by atoms with van der Waals surface area (Å²) in [5.74, 6) is 0.187. The second-order valence-corrected chi connectivity index (χ2v) is 4.75. The van der Waals surface area contributed by atoms with Crippen molar-refractivity contribution in [3.63, 3.8) is 0 Å². The standard InChI is InChI=1S/C12H13N3O6/c16-6-8-7(17)5-12(20-8,9-1-3-13-21-9)15-4-2-10(18)14-11(15)19/h1-4,7-8,16-17H,5-6H2,(H,14,18,19)/t7-,8+,12-/m0/s1. The van der Waals surface area contributed by atoms with Crippen molar-refractivity contribution in [1.82, 2.24) is 14.7 Å². The van der Waals surface area contributed by atoms with Crippen LogP contribution in [0.15, 0.2) is 38.6 Å². The average molecular weight is 295 g/mol. The number of aliphatic hydroxyl groups excluding tert-OH is 2. The van der Waals surface area contributed by atoms with Gasteiger partial charge < -0.3 is 19.5 Å². The third kappa shape index (κ3) is 2.11. The SMILES string of the molecule is O=c1ccn([C@@]2(c3ccno3)C[C@H](O)[C@@H](CO)O2)c(=O)[nH]1. The number of hydrogen-bond donors (Lipinski definition) is 3. The fourth-order valence-corrected chi connectivity index (χ4v) is 2.50. The van der Waals surface area contributed by atoms with Crippen LogP contribution in [-0.4, -0.2) is 43.7 Å². The summed E-state index contributed by atoms with van der Waals surface area (Å²) in [5, 5.41) is 22.8. The topological polar surface area (TPSA) is 131 Å². The molecule has 21 heavy (non-hydrogen) atoms. The van der Waals surface area contributed by atoms with Crippen LogP contribution in [0.4, 0.5) is 0 Å². The first-order valence-electron chi connectivity index (χ1n) is 6.27. The van der Waals surface area contributed by atoms with E-state index in [4.69, 9.17) is 9.26 Å². The molecule has 3 atom stereocenters. The molecule has 9 heteroatoms. The summed E-state index contributed by atoms with van der Waals surface area (Å²) in [6, 6.07) is 2.64. The molecule has 1 saturated heterocycles. The number of H-pyrrole nitrogens is 1. The number of aromatic amines is 1. The minimum absolute atomic E-state index is 0.0284. The van der Waals surface area contributed by atoms with Gasteiger partial charge in [0.25, 0.3) is 5.56 Å². The Kier molecular flexibility index (Phi) is 3.24. The van der Waals surface area contributed by atoms with Crippen molar-refractivity contribution in [2.24, 2.45) is 0 Å². The van der Waals surface area contributed by atoms with Crippen LogP contribution in [0, 0.1) is 0 Å². The summed E-state index contributed by atoms with van der Waals surface area (Å²) in [4.78, 5) is 25.4. The van der Waals surface area contributed by atoms with E-state index in [2.05, 4.69) is 10.1 Å². The minimum Gasteiger partial charge on any atom is -0.394 e. The van der Waals surface area contributed by atoms with Crippen LogP contribution in [0.5, 0.6) is 0 Å². The maximum Gasteiger partial charge on any atom is 0.331 e. The van der Waals surface area contributed by atoms with Gasteiger partial charge in [0.05, 0.1) is 18.9 Å². The average Bonchev–Trinajstić information content (AvgIpc) is 3.07. The largest absolute Gasteiger partial charge is 0.394 e. The van der Waals surface area contributed by atoms with Crippen LogP contribution < -0.4 is 11.2 Å². The van der Waals surface area contributed by atoms with Crippen LogP contribution in [0.25, 0.3) is 0 Å². The molecule has 0 radical (unpaired) electrons. The maximum absolute atomic E-state index is 12.1. The van der Waals surface area contributed by atoms with Gasteiger partial charge in [0.2, 0.25) is 5.72 Å². The van der Waals surface area contributed by atoms with E-state index in [0.717, 1.165) is 10.6 Å². The molecule has 0 spiro atoms. The number of aromatic nitrogens is 3. The van der Waals surface area contributed by atoms with Gasteiger partial charge >= 0.3 is 5.69 Å². The molecule has 0 aromatic carbocycles. The van der Waals surface area contributed by atoms with Crippen molar-refractivity contribution >= 4 is 0 Å². The fourth-order valence-electron chi connectivity index (χ4n) is 2.50. The third-order valence-electron chi connectivity index (χ3n) is 3.48. The monoisotopic (exact) mass is 295 g/mol. The van der Waals surface area contributed by atoms with Crippen molar-refractivity contribution in [3.05, 3.63) is 51.1 Å². The lowest BCUT2D eigenvalue weighted by Gasteiger charge is -2.27. The lowest BCUT2D eigenvalue weighted by atomic mass is 10.0. The molecule has 2 aromatic heterocycles. The van der Waals surface area contributed by atoms with E-state index in [1.807, 2.05) is 0 Å². The lowest BCUT2D eigenvalue weighted by molar-refractivity contribution is -0.106. The van der Waals surface area contributed by atoms with Gasteiger partial charge in [-0.25, -0.2) is 4.79 Å². The van der Waals surface area contributed by atoms with Crippen LogP contribution in [-0.2, 0) is 10.5 Å². The molecule has 112 valence electrons. The molecule has 1 fully saturated rings. The number of hydrogen-bond acceptors (Lipinski definition) is 7. The molecule has 1 aliphatic heterocycles. The summed E-state index contributed by atoms with van der Waals surface area (Å²) < 4.78 is 11.9. The molecule has 0 unspecified atom stereocenters. The molecule has 3 rings (SSSR count). The van der Waals surface area contributed by atoms with E-state index in [9.17, 15) is 19.8 Å². The Balaban J connectivity index is 2.19. The zero-order valence-electron chi connectivity index (χ0n) is 10.8. The Morgan fingerprint density at radius 2 is 2.29 bits per heavy atom. The van der Waals surface area contributed by atoms with Crippen LogP contribution in [0.2, 0.25) is 0 Å². The van der Waals surface area contributed by atoms with Crippen LogP contribution in [0.3, 0.4) is 0 Å². The minimum atomic E-state index is -1.47. The molecule has 2 aromatic rings. The normalized spacial score (nSPS) is 28.9. The summed E-state index contributed by atoms with van der Waals surface area (Å²) in [6.07, 6.45) is 0.707. The Morgan fingerprint density at radius 3 is 2.86 bits per heavy atom. The number of nitrogens with one attached hydrogen (secondary N) is 1. The summed E-state index contributed by atoms with van der Waals surface area (Å²) in [5.41, 5.74) is -2.74. The third-order valence-corrected chi connectivity index (χ3v) is 3.48. The molecule has 0 aliphatic carbocycles. The van der Waals surface area contributed by atoms with E-state index < -0.39 is 35.8 Å². The van der Waals surface area contributed by atoms with E-state index in [-0.39, 0.29) is 12.2 Å². The van der Waals surface area contributed by atoms with Crippen molar-refractivity contribution in [3.8, 4) is 0 Å². The van der Waals surface area contributed by atoms with E-state index >= 15 is 0 Å². The van der Waals surface area contributed by atoms with Gasteiger partial charge in [-0.05, 0) is 0 Å². The second-order valence-electron chi connectivity index (χ2n) is 4.75. The van der Waals surface area contributed by atoms with Crippen molar-refractivity contribution in [2.45, 2.75) is 24.4 Å². The number of ether oxygens (including phenoxy) is 1. The van der Waals surface area contributed by atoms with E-state index in [1.54, 1.807) is 0 Å². The predicted molar refractivity (Wildman–Crippen MR) is 67.5 cm³/mol. The van der Waals surface area contributed by atoms with Crippen molar-refractivity contribution in [2.75, 3.05) is 6.61 Å². The quantitative estimate of drug-likeness (QED) is 0.619. The Bertz CT molecular complexity index is 736. The summed E-state index contributed by atoms with van der Waals surface area (Å²) >= 11 is 0. The van der Waals surface area contributed by atoms with Gasteiger partial charge in [-0.3, -0.25) is 14.3 Å². The molecule has 1 aliphatic rings. The van der Waals surface area contributed by atoms with Gasteiger partial charge in [-0.1, -0.05) is 5.16 Å². The van der Waals surface area contributed by atoms with Crippen molar-refractivity contribution < 1.29 is 19.5 Å². The first kappa shape index (κ1) is 13.7. The molecule has 0 bridgehead atoms. The van der Waals surface area contributed by atoms with Crippen LogP contribution in [0.1, 0.15) is 12.2 Å². The zero-order chi connectivity index (χ0) is 15.0. The van der Waals surface area contributed by atoms with Gasteiger partial charge in [0.15, 0.2) is 5.76 Å². The van der Waals surface area contributed by atoms with Crippen LogP contribution >= 0.6 is 0 Å². The van der Waals surface area contributed by atoms with E-state index in [0.29, 0.717) is 0 Å². The first-order chi connectivity index (χ1) is 10.1. The molecular formula is C12H13N3O6. The predicted octanol–water partition coefficient (Wildman–Crippen LogP) is -1.63. The first-order valence-corrected chi connectivity index (χ1v) is 6.27.